The molecule has 1 unspecified atom stereocenters. The van der Waals surface area contributed by atoms with Crippen LogP contribution in [0.2, 0.25) is 5.02 Å². The highest BCUT2D eigenvalue weighted by molar-refractivity contribution is 6.32. The van der Waals surface area contributed by atoms with Crippen molar-refractivity contribution in [3.63, 3.8) is 0 Å². The summed E-state index contributed by atoms with van der Waals surface area (Å²) in [7, 11) is 0. The van der Waals surface area contributed by atoms with E-state index in [-0.39, 0.29) is 36.3 Å². The van der Waals surface area contributed by atoms with Gasteiger partial charge in [-0.1, -0.05) is 25.4 Å². The smallest absolute Gasteiger partial charge is 0.454 e. The number of aromatic amines is 1. The molecule has 1 aliphatic rings. The van der Waals surface area contributed by atoms with Crippen LogP contribution in [0.25, 0.3) is 10.8 Å². The lowest BCUT2D eigenvalue weighted by Gasteiger charge is -2.49. The van der Waals surface area contributed by atoms with E-state index in [1.807, 2.05) is 0 Å². The number of aromatic nitrogens is 1. The summed E-state index contributed by atoms with van der Waals surface area (Å²) in [4.78, 5) is 14.4. The van der Waals surface area contributed by atoms with E-state index in [1.165, 1.54) is 12.3 Å². The van der Waals surface area contributed by atoms with Gasteiger partial charge in [-0.2, -0.15) is 22.0 Å². The molecule has 1 atom stereocenters. The maximum atomic E-state index is 14.1. The van der Waals surface area contributed by atoms with Crippen LogP contribution in [-0.4, -0.2) is 29.2 Å². The van der Waals surface area contributed by atoms with Gasteiger partial charge >= 0.3 is 12.1 Å². The summed E-state index contributed by atoms with van der Waals surface area (Å²) < 4.78 is 72.9. The highest BCUT2D eigenvalue weighted by Crippen LogP contribution is 2.52. The Balaban J connectivity index is 1.79. The van der Waals surface area contributed by atoms with E-state index in [2.05, 4.69) is 4.98 Å². The summed E-state index contributed by atoms with van der Waals surface area (Å²) in [6, 6.07) is 2.42. The highest BCUT2D eigenvalue weighted by Gasteiger charge is 2.66. The van der Waals surface area contributed by atoms with Crippen molar-refractivity contribution in [2.45, 2.75) is 63.8 Å². The Morgan fingerprint density at radius 2 is 1.81 bits per heavy atom. The lowest BCUT2D eigenvalue weighted by atomic mass is 9.61. The zero-order valence-corrected chi connectivity index (χ0v) is 17.8. The standard InChI is InChI=1S/C21H24ClF5N2O2/c1-11(2)19(18(28)20(23,24)21(25,26)27)6-3-13(4-7-19)31-16-9-12-5-8-29-17(30)14(12)10-15(16)22/h5,8-11,13,18H,3-4,6-7,28H2,1-2H3,(H,29,30). The molecule has 0 saturated heterocycles. The second kappa shape index (κ2) is 8.24. The third-order valence-corrected chi connectivity index (χ3v) is 6.82. The Hall–Kier alpha value is -1.87. The summed E-state index contributed by atoms with van der Waals surface area (Å²) >= 11 is 6.24. The van der Waals surface area contributed by atoms with Gasteiger partial charge in [0, 0.05) is 11.6 Å². The molecular formula is C21H24ClF5N2O2. The van der Waals surface area contributed by atoms with Crippen molar-refractivity contribution in [1.29, 1.82) is 0 Å². The fraction of sp³-hybridized carbons (Fsp3) is 0.571. The normalized spacial score (nSPS) is 23.9. The van der Waals surface area contributed by atoms with Crippen LogP contribution in [0.1, 0.15) is 39.5 Å². The first-order valence-corrected chi connectivity index (χ1v) is 10.3. The van der Waals surface area contributed by atoms with E-state index in [0.29, 0.717) is 16.5 Å². The maximum Gasteiger partial charge on any atom is 0.454 e. The predicted molar refractivity (Wildman–Crippen MR) is 109 cm³/mol. The van der Waals surface area contributed by atoms with Crippen LogP contribution in [0.3, 0.4) is 0 Å². The molecule has 1 aromatic carbocycles. The second-order valence-electron chi connectivity index (χ2n) is 8.48. The van der Waals surface area contributed by atoms with E-state index in [4.69, 9.17) is 22.1 Å². The SMILES string of the molecule is CC(C)C1(C(N)C(F)(F)C(F)(F)F)CCC(Oc2cc3cc[nH]c(=O)c3cc2Cl)CC1. The van der Waals surface area contributed by atoms with Gasteiger partial charge in [0.15, 0.2) is 0 Å². The number of nitrogens with two attached hydrogens (primary N) is 1. The number of hydrogen-bond acceptors (Lipinski definition) is 3. The minimum absolute atomic E-state index is 0.0625. The first-order valence-electron chi connectivity index (χ1n) is 9.97. The molecule has 0 radical (unpaired) electrons. The Bertz CT molecular complexity index is 997. The molecule has 3 N–H and O–H groups in total. The minimum Gasteiger partial charge on any atom is -0.489 e. The Kier molecular flexibility index (Phi) is 6.32. The highest BCUT2D eigenvalue weighted by atomic mass is 35.5. The topological polar surface area (TPSA) is 68.1 Å². The van der Waals surface area contributed by atoms with Crippen LogP contribution in [0, 0.1) is 11.3 Å². The summed E-state index contributed by atoms with van der Waals surface area (Å²) in [6.07, 6.45) is -4.01. The molecule has 0 bridgehead atoms. The molecule has 0 amide bonds. The molecule has 172 valence electrons. The molecule has 1 aliphatic carbocycles. The Morgan fingerprint density at radius 3 is 2.35 bits per heavy atom. The quantitative estimate of drug-likeness (QED) is 0.558. The van der Waals surface area contributed by atoms with Gasteiger partial charge in [-0.25, -0.2) is 0 Å². The number of hydrogen-bond donors (Lipinski definition) is 2. The molecule has 10 heteroatoms. The number of fused-ring (bicyclic) bond motifs is 1. The van der Waals surface area contributed by atoms with Crippen LogP contribution in [0.4, 0.5) is 22.0 Å². The number of benzene rings is 1. The summed E-state index contributed by atoms with van der Waals surface area (Å²) in [5, 5.41) is 1.22. The second-order valence-corrected chi connectivity index (χ2v) is 8.89. The van der Waals surface area contributed by atoms with Crippen molar-refractivity contribution in [1.82, 2.24) is 4.98 Å². The number of H-pyrrole nitrogens is 1. The Labute approximate surface area is 180 Å². The van der Waals surface area contributed by atoms with Gasteiger partial charge < -0.3 is 15.5 Å². The molecule has 0 aliphatic heterocycles. The number of alkyl halides is 5. The van der Waals surface area contributed by atoms with Gasteiger partial charge in [0.1, 0.15) is 5.75 Å². The van der Waals surface area contributed by atoms with Crippen molar-refractivity contribution in [2.24, 2.45) is 17.1 Å². The van der Waals surface area contributed by atoms with Gasteiger partial charge in [-0.15, -0.1) is 0 Å². The van der Waals surface area contributed by atoms with Crippen LogP contribution < -0.4 is 16.0 Å². The van der Waals surface area contributed by atoms with Crippen molar-refractivity contribution < 1.29 is 26.7 Å². The van der Waals surface area contributed by atoms with Gasteiger partial charge in [0.25, 0.3) is 5.56 Å². The van der Waals surface area contributed by atoms with Crippen LogP contribution in [0.15, 0.2) is 29.2 Å². The van der Waals surface area contributed by atoms with Crippen LogP contribution >= 0.6 is 11.6 Å². The average molecular weight is 467 g/mol. The van der Waals surface area contributed by atoms with Gasteiger partial charge in [0.05, 0.1) is 17.2 Å². The first kappa shape index (κ1) is 23.8. The molecule has 4 nitrogen and oxygen atoms in total. The van der Waals surface area contributed by atoms with E-state index < -0.39 is 35.6 Å². The molecule has 3 rings (SSSR count). The summed E-state index contributed by atoms with van der Waals surface area (Å²) in [5.74, 6) is -5.14. The maximum absolute atomic E-state index is 14.1. The number of pyridine rings is 1. The van der Waals surface area contributed by atoms with E-state index in [9.17, 15) is 26.7 Å². The third kappa shape index (κ3) is 4.26. The van der Waals surface area contributed by atoms with Crippen molar-refractivity contribution >= 4 is 22.4 Å². The fourth-order valence-corrected chi connectivity index (χ4v) is 4.70. The molecule has 1 aromatic heterocycles. The van der Waals surface area contributed by atoms with Crippen molar-refractivity contribution in [2.75, 3.05) is 0 Å². The van der Waals surface area contributed by atoms with E-state index in [1.54, 1.807) is 26.0 Å². The summed E-state index contributed by atoms with van der Waals surface area (Å²) in [6.45, 7) is 3.23. The van der Waals surface area contributed by atoms with Gasteiger partial charge in [0.2, 0.25) is 0 Å². The molecular weight excluding hydrogens is 443 g/mol. The molecule has 0 spiro atoms. The average Bonchev–Trinajstić information content (AvgIpc) is 2.68. The molecule has 1 heterocycles. The fourth-order valence-electron chi connectivity index (χ4n) is 4.49. The first-order chi connectivity index (χ1) is 14.3. The lowest BCUT2D eigenvalue weighted by molar-refractivity contribution is -0.303. The zero-order chi connectivity index (χ0) is 23.2. The molecule has 1 saturated carbocycles. The van der Waals surface area contributed by atoms with Gasteiger partial charge in [-0.3, -0.25) is 4.79 Å². The monoisotopic (exact) mass is 466 g/mol. The van der Waals surface area contributed by atoms with Crippen LogP contribution in [-0.2, 0) is 0 Å². The van der Waals surface area contributed by atoms with Gasteiger partial charge in [-0.05, 0) is 60.6 Å². The van der Waals surface area contributed by atoms with E-state index in [0.717, 1.165) is 0 Å². The number of halogens is 6. The largest absolute Gasteiger partial charge is 0.489 e. The minimum atomic E-state index is -5.71. The molecule has 31 heavy (non-hydrogen) atoms. The predicted octanol–water partition coefficient (Wildman–Crippen LogP) is 5.67. The number of ether oxygens (including phenoxy) is 1. The zero-order valence-electron chi connectivity index (χ0n) is 17.0. The third-order valence-electron chi connectivity index (χ3n) is 6.52. The van der Waals surface area contributed by atoms with Crippen molar-refractivity contribution in [3.05, 3.63) is 39.8 Å². The number of nitrogens with one attached hydrogen (secondary N) is 1. The molecule has 1 fully saturated rings. The lowest BCUT2D eigenvalue weighted by Crippen LogP contribution is -2.62. The van der Waals surface area contributed by atoms with E-state index >= 15 is 0 Å². The Morgan fingerprint density at radius 1 is 1.19 bits per heavy atom. The van der Waals surface area contributed by atoms with Crippen LogP contribution in [0.5, 0.6) is 5.75 Å². The molecule has 2 aromatic rings. The van der Waals surface area contributed by atoms with Crippen molar-refractivity contribution in [3.8, 4) is 5.75 Å². The number of rotatable bonds is 5. The summed E-state index contributed by atoms with van der Waals surface area (Å²) in [5.41, 5.74) is 3.91.